The van der Waals surface area contributed by atoms with Crippen LogP contribution in [0, 0.1) is 5.82 Å². The average molecular weight is 326 g/mol. The summed E-state index contributed by atoms with van der Waals surface area (Å²) in [4.78, 5) is 0. The van der Waals surface area contributed by atoms with E-state index in [4.69, 9.17) is 23.2 Å². The van der Waals surface area contributed by atoms with Gasteiger partial charge in [0.1, 0.15) is 5.82 Å². The van der Waals surface area contributed by atoms with Gasteiger partial charge in [-0.15, -0.1) is 0 Å². The Morgan fingerprint density at radius 1 is 1.10 bits per heavy atom. The summed E-state index contributed by atoms with van der Waals surface area (Å²) in [6, 6.07) is 12.4. The molecule has 0 aliphatic heterocycles. The molecule has 2 aromatic rings. The van der Waals surface area contributed by atoms with Gasteiger partial charge in [0.25, 0.3) is 0 Å². The van der Waals surface area contributed by atoms with Gasteiger partial charge in [-0.2, -0.15) is 0 Å². The van der Waals surface area contributed by atoms with Crippen LogP contribution in [0.2, 0.25) is 10.0 Å². The molecule has 0 aromatic heterocycles. The first-order valence-electron chi connectivity index (χ1n) is 7.03. The summed E-state index contributed by atoms with van der Waals surface area (Å²) in [5, 5.41) is 4.60. The number of hydrogen-bond donors (Lipinski definition) is 1. The van der Waals surface area contributed by atoms with Crippen LogP contribution in [0.5, 0.6) is 0 Å². The van der Waals surface area contributed by atoms with Gasteiger partial charge in [-0.1, -0.05) is 48.3 Å². The van der Waals surface area contributed by atoms with E-state index in [2.05, 4.69) is 12.2 Å². The Hall–Kier alpha value is -1.09. The Morgan fingerprint density at radius 3 is 2.43 bits per heavy atom. The first-order valence-corrected chi connectivity index (χ1v) is 7.79. The summed E-state index contributed by atoms with van der Waals surface area (Å²) in [5.74, 6) is -0.264. The molecule has 1 nitrogen and oxygen atoms in total. The Labute approximate surface area is 135 Å². The molecule has 1 unspecified atom stereocenters. The first kappa shape index (κ1) is 16.3. The highest BCUT2D eigenvalue weighted by Crippen LogP contribution is 2.26. The van der Waals surface area contributed by atoms with E-state index in [1.54, 1.807) is 12.1 Å². The molecule has 0 aliphatic carbocycles. The molecule has 0 radical (unpaired) electrons. The van der Waals surface area contributed by atoms with Crippen LogP contribution in [0.3, 0.4) is 0 Å². The molecule has 0 spiro atoms. The van der Waals surface area contributed by atoms with E-state index in [1.165, 1.54) is 6.07 Å². The van der Waals surface area contributed by atoms with E-state index in [1.807, 2.05) is 24.3 Å². The number of halogens is 3. The summed E-state index contributed by atoms with van der Waals surface area (Å²) in [6.45, 7) is 2.96. The highest BCUT2D eigenvalue weighted by Gasteiger charge is 2.16. The third kappa shape index (κ3) is 4.44. The Morgan fingerprint density at radius 2 is 1.81 bits per heavy atom. The normalized spacial score (nSPS) is 12.4. The van der Waals surface area contributed by atoms with Gasteiger partial charge in [0.05, 0.1) is 0 Å². The summed E-state index contributed by atoms with van der Waals surface area (Å²) < 4.78 is 14.0. The van der Waals surface area contributed by atoms with Crippen molar-refractivity contribution < 1.29 is 4.39 Å². The van der Waals surface area contributed by atoms with Crippen molar-refractivity contribution in [1.29, 1.82) is 0 Å². The molecular formula is C17H18Cl2FN. The lowest BCUT2D eigenvalue weighted by molar-refractivity contribution is 0.513. The van der Waals surface area contributed by atoms with Crippen LogP contribution < -0.4 is 5.32 Å². The van der Waals surface area contributed by atoms with Crippen LogP contribution in [0.1, 0.15) is 30.5 Å². The first-order chi connectivity index (χ1) is 10.1. The SMILES string of the molecule is CCCNC(Cc1c(F)cccc1Cl)c1ccc(Cl)cc1. The van der Waals surface area contributed by atoms with E-state index >= 15 is 0 Å². The Balaban J connectivity index is 2.26. The van der Waals surface area contributed by atoms with E-state index in [-0.39, 0.29) is 11.9 Å². The van der Waals surface area contributed by atoms with Gasteiger partial charge in [-0.25, -0.2) is 4.39 Å². The molecule has 0 bridgehead atoms. The van der Waals surface area contributed by atoms with E-state index < -0.39 is 0 Å². The summed E-state index contributed by atoms with van der Waals surface area (Å²) in [7, 11) is 0. The van der Waals surface area contributed by atoms with Crippen LogP contribution in [-0.2, 0) is 6.42 Å². The fourth-order valence-electron chi connectivity index (χ4n) is 2.25. The second kappa shape index (κ2) is 7.79. The number of benzene rings is 2. The third-order valence-corrected chi connectivity index (χ3v) is 3.99. The molecule has 0 fully saturated rings. The van der Waals surface area contributed by atoms with Crippen molar-refractivity contribution in [3.8, 4) is 0 Å². The molecule has 21 heavy (non-hydrogen) atoms. The Kier molecular flexibility index (Phi) is 6.04. The molecule has 2 rings (SSSR count). The zero-order chi connectivity index (χ0) is 15.2. The maximum Gasteiger partial charge on any atom is 0.127 e. The van der Waals surface area contributed by atoms with E-state index in [0.29, 0.717) is 22.0 Å². The van der Waals surface area contributed by atoms with Crippen molar-refractivity contribution in [2.45, 2.75) is 25.8 Å². The molecule has 1 atom stereocenters. The quantitative estimate of drug-likeness (QED) is 0.748. The minimum absolute atomic E-state index is 0.0108. The van der Waals surface area contributed by atoms with Gasteiger partial charge in [0.2, 0.25) is 0 Å². The minimum atomic E-state index is -0.264. The molecule has 4 heteroatoms. The fraction of sp³-hybridized carbons (Fsp3) is 0.294. The monoisotopic (exact) mass is 325 g/mol. The van der Waals surface area contributed by atoms with Gasteiger partial charge < -0.3 is 5.32 Å². The van der Waals surface area contributed by atoms with Crippen LogP contribution in [-0.4, -0.2) is 6.54 Å². The van der Waals surface area contributed by atoms with Crippen LogP contribution in [0.15, 0.2) is 42.5 Å². The highest BCUT2D eigenvalue weighted by atomic mass is 35.5. The molecular weight excluding hydrogens is 308 g/mol. The molecule has 0 aliphatic rings. The average Bonchev–Trinajstić information content (AvgIpc) is 2.47. The number of hydrogen-bond acceptors (Lipinski definition) is 1. The lowest BCUT2D eigenvalue weighted by Gasteiger charge is -2.20. The summed E-state index contributed by atoms with van der Waals surface area (Å²) in [6.07, 6.45) is 1.52. The lowest BCUT2D eigenvalue weighted by atomic mass is 9.98. The van der Waals surface area contributed by atoms with Crippen molar-refractivity contribution in [3.05, 3.63) is 69.5 Å². The maximum absolute atomic E-state index is 14.0. The molecule has 112 valence electrons. The summed E-state index contributed by atoms with van der Waals surface area (Å²) >= 11 is 12.1. The second-order valence-electron chi connectivity index (χ2n) is 4.96. The van der Waals surface area contributed by atoms with E-state index in [9.17, 15) is 4.39 Å². The fourth-order valence-corrected chi connectivity index (χ4v) is 2.62. The maximum atomic E-state index is 14.0. The molecule has 0 saturated heterocycles. The van der Waals surface area contributed by atoms with Crippen LogP contribution in [0.4, 0.5) is 4.39 Å². The third-order valence-electron chi connectivity index (χ3n) is 3.38. The predicted molar refractivity (Wildman–Crippen MR) is 87.6 cm³/mol. The van der Waals surface area contributed by atoms with Crippen molar-refractivity contribution >= 4 is 23.2 Å². The number of nitrogens with one attached hydrogen (secondary N) is 1. The van der Waals surface area contributed by atoms with Gasteiger partial charge in [0.15, 0.2) is 0 Å². The van der Waals surface area contributed by atoms with Crippen molar-refractivity contribution in [3.63, 3.8) is 0 Å². The van der Waals surface area contributed by atoms with Crippen LogP contribution >= 0.6 is 23.2 Å². The molecule has 1 N–H and O–H groups in total. The molecule has 2 aromatic carbocycles. The lowest BCUT2D eigenvalue weighted by Crippen LogP contribution is -2.24. The van der Waals surface area contributed by atoms with E-state index in [0.717, 1.165) is 18.5 Å². The van der Waals surface area contributed by atoms with Crippen molar-refractivity contribution in [1.82, 2.24) is 5.32 Å². The highest BCUT2D eigenvalue weighted by molar-refractivity contribution is 6.31. The van der Waals surface area contributed by atoms with Gasteiger partial charge in [0, 0.05) is 21.7 Å². The summed E-state index contributed by atoms with van der Waals surface area (Å²) in [5.41, 5.74) is 1.62. The molecule has 0 amide bonds. The van der Waals surface area contributed by atoms with Crippen molar-refractivity contribution in [2.75, 3.05) is 6.54 Å². The smallest absolute Gasteiger partial charge is 0.127 e. The molecule has 0 saturated carbocycles. The predicted octanol–water partition coefficient (Wildman–Crippen LogP) is 5.42. The van der Waals surface area contributed by atoms with Gasteiger partial charge in [-0.05, 0) is 49.2 Å². The number of rotatable bonds is 6. The van der Waals surface area contributed by atoms with Crippen molar-refractivity contribution in [2.24, 2.45) is 0 Å². The van der Waals surface area contributed by atoms with Gasteiger partial charge in [-0.3, -0.25) is 0 Å². The Bertz CT molecular complexity index is 564. The van der Waals surface area contributed by atoms with Crippen LogP contribution in [0.25, 0.3) is 0 Å². The van der Waals surface area contributed by atoms with Gasteiger partial charge >= 0.3 is 0 Å². The molecule has 0 heterocycles. The zero-order valence-corrected chi connectivity index (χ0v) is 13.4. The standard InChI is InChI=1S/C17H18Cl2FN/c1-2-10-21-17(12-6-8-13(18)9-7-12)11-14-15(19)4-3-5-16(14)20/h3-9,17,21H,2,10-11H2,1H3. The topological polar surface area (TPSA) is 12.0 Å². The second-order valence-corrected chi connectivity index (χ2v) is 5.81. The largest absolute Gasteiger partial charge is 0.310 e. The zero-order valence-electron chi connectivity index (χ0n) is 11.9. The minimum Gasteiger partial charge on any atom is -0.310 e.